The van der Waals surface area contributed by atoms with E-state index in [4.69, 9.17) is 5.73 Å². The molecule has 3 N–H and O–H groups in total. The van der Waals surface area contributed by atoms with Gasteiger partial charge in [-0.3, -0.25) is 3.53 Å². The van der Waals surface area contributed by atoms with Crippen molar-refractivity contribution in [2.45, 2.75) is 57.0 Å². The van der Waals surface area contributed by atoms with Crippen LogP contribution in [0.1, 0.15) is 44.9 Å². The lowest BCUT2D eigenvalue weighted by Crippen LogP contribution is -2.48. The zero-order valence-corrected chi connectivity index (χ0v) is 13.8. The zero-order valence-electron chi connectivity index (χ0n) is 11.7. The van der Waals surface area contributed by atoms with Crippen LogP contribution in [0.4, 0.5) is 0 Å². The quantitative estimate of drug-likeness (QED) is 0.576. The number of fused-ring (bicyclic) bond motifs is 2. The van der Waals surface area contributed by atoms with E-state index in [1.54, 1.807) is 5.70 Å². The second kappa shape index (κ2) is 6.31. The summed E-state index contributed by atoms with van der Waals surface area (Å²) < 4.78 is 3.41. The monoisotopic (exact) mass is 375 g/mol. The molecular formula is C15H26IN3. The van der Waals surface area contributed by atoms with Crippen molar-refractivity contribution < 1.29 is 0 Å². The van der Waals surface area contributed by atoms with Gasteiger partial charge in [-0.25, -0.2) is 0 Å². The summed E-state index contributed by atoms with van der Waals surface area (Å²) in [6.45, 7) is 2.44. The molecule has 2 fully saturated rings. The van der Waals surface area contributed by atoms with Crippen molar-refractivity contribution in [1.82, 2.24) is 8.43 Å². The van der Waals surface area contributed by atoms with Crippen molar-refractivity contribution >= 4 is 22.9 Å². The Morgan fingerprint density at radius 2 is 1.89 bits per heavy atom. The van der Waals surface area contributed by atoms with Crippen LogP contribution < -0.4 is 9.26 Å². The van der Waals surface area contributed by atoms with E-state index in [0.717, 1.165) is 11.8 Å². The molecule has 0 aromatic rings. The van der Waals surface area contributed by atoms with E-state index < -0.39 is 0 Å². The highest BCUT2D eigenvalue weighted by atomic mass is 127. The lowest BCUT2D eigenvalue weighted by atomic mass is 9.91. The SMILES string of the molecule is NC1C2CC[C@H]1CN(/C1=C/CCC(NI)CCC1)C2. The number of piperidine rings is 1. The van der Waals surface area contributed by atoms with Gasteiger partial charge in [0.2, 0.25) is 0 Å². The summed E-state index contributed by atoms with van der Waals surface area (Å²) in [5, 5.41) is 0. The molecule has 0 aromatic heterocycles. The summed E-state index contributed by atoms with van der Waals surface area (Å²) in [5.41, 5.74) is 7.93. The summed E-state index contributed by atoms with van der Waals surface area (Å²) in [6.07, 6.45) is 11.7. The first-order valence-corrected chi connectivity index (χ1v) is 8.91. The first-order valence-electron chi connectivity index (χ1n) is 7.83. The van der Waals surface area contributed by atoms with Gasteiger partial charge >= 0.3 is 0 Å². The van der Waals surface area contributed by atoms with Crippen LogP contribution >= 0.6 is 22.9 Å². The molecule has 19 heavy (non-hydrogen) atoms. The average molecular weight is 375 g/mol. The van der Waals surface area contributed by atoms with Crippen molar-refractivity contribution in [3.63, 3.8) is 0 Å². The lowest BCUT2D eigenvalue weighted by molar-refractivity contribution is 0.177. The molecule has 1 saturated heterocycles. The Bertz CT molecular complexity index is 330. The third-order valence-corrected chi connectivity index (χ3v) is 6.23. The molecule has 1 saturated carbocycles. The van der Waals surface area contributed by atoms with E-state index in [1.165, 1.54) is 58.0 Å². The lowest BCUT2D eigenvalue weighted by Gasteiger charge is -2.39. The molecule has 0 spiro atoms. The molecule has 3 aliphatic rings. The minimum Gasteiger partial charge on any atom is -0.374 e. The third-order valence-electron chi connectivity index (χ3n) is 5.35. The molecule has 1 aliphatic heterocycles. The fourth-order valence-electron chi connectivity index (χ4n) is 4.12. The van der Waals surface area contributed by atoms with E-state index >= 15 is 0 Å². The first-order chi connectivity index (χ1) is 9.28. The summed E-state index contributed by atoms with van der Waals surface area (Å²) in [7, 11) is 0. The summed E-state index contributed by atoms with van der Waals surface area (Å²) in [5.74, 6) is 1.52. The van der Waals surface area contributed by atoms with Crippen molar-refractivity contribution in [3.8, 4) is 0 Å². The predicted octanol–water partition coefficient (Wildman–Crippen LogP) is 2.81. The van der Waals surface area contributed by atoms with Crippen molar-refractivity contribution in [2.75, 3.05) is 13.1 Å². The van der Waals surface area contributed by atoms with Gasteiger partial charge in [0.25, 0.3) is 0 Å². The van der Waals surface area contributed by atoms with Gasteiger partial charge in [0, 0.05) is 53.7 Å². The molecule has 3 nitrogen and oxygen atoms in total. The van der Waals surface area contributed by atoms with Gasteiger partial charge in [-0.2, -0.15) is 0 Å². The number of allylic oxidation sites excluding steroid dienone is 2. The maximum atomic E-state index is 6.31. The smallest absolute Gasteiger partial charge is 0.0218 e. The Morgan fingerprint density at radius 1 is 1.16 bits per heavy atom. The van der Waals surface area contributed by atoms with E-state index in [9.17, 15) is 0 Å². The van der Waals surface area contributed by atoms with Crippen molar-refractivity contribution in [1.29, 1.82) is 0 Å². The zero-order chi connectivity index (χ0) is 13.2. The Hall–Kier alpha value is 0.190. The summed E-state index contributed by atoms with van der Waals surface area (Å²) >= 11 is 2.31. The molecule has 2 aliphatic carbocycles. The molecular weight excluding hydrogens is 349 g/mol. The van der Waals surface area contributed by atoms with E-state index in [2.05, 4.69) is 37.4 Å². The number of hydrogen-bond acceptors (Lipinski definition) is 3. The first kappa shape index (κ1) is 14.1. The number of rotatable bonds is 2. The molecule has 3 rings (SSSR count). The molecule has 0 amide bonds. The Labute approximate surface area is 130 Å². The maximum Gasteiger partial charge on any atom is 0.0218 e. The average Bonchev–Trinajstić information content (AvgIpc) is 2.62. The molecule has 4 heteroatoms. The van der Waals surface area contributed by atoms with Crippen LogP contribution in [0.2, 0.25) is 0 Å². The van der Waals surface area contributed by atoms with Gasteiger partial charge in [0.1, 0.15) is 0 Å². The van der Waals surface area contributed by atoms with Gasteiger partial charge in [0.05, 0.1) is 0 Å². The minimum atomic E-state index is 0.484. The summed E-state index contributed by atoms with van der Waals surface area (Å²) in [6, 6.07) is 1.20. The molecule has 3 unspecified atom stereocenters. The van der Waals surface area contributed by atoms with Crippen LogP contribution in [0, 0.1) is 11.8 Å². The fraction of sp³-hybridized carbons (Fsp3) is 0.867. The molecule has 0 aromatic carbocycles. The van der Waals surface area contributed by atoms with E-state index in [1.807, 2.05) is 0 Å². The van der Waals surface area contributed by atoms with Crippen LogP contribution in [-0.4, -0.2) is 30.1 Å². The van der Waals surface area contributed by atoms with Gasteiger partial charge in [-0.15, -0.1) is 0 Å². The largest absolute Gasteiger partial charge is 0.374 e. The van der Waals surface area contributed by atoms with E-state index in [-0.39, 0.29) is 0 Å². The van der Waals surface area contributed by atoms with E-state index in [0.29, 0.717) is 12.1 Å². The Balaban J connectivity index is 1.63. The molecule has 108 valence electrons. The molecule has 0 radical (unpaired) electrons. The Kier molecular flexibility index (Phi) is 4.70. The standard InChI is InChI=1S/C15H26IN3/c16-18-13-3-1-5-14(6-2-4-13)19-9-11-7-8-12(10-19)15(11)17/h5,11-13,15,18H,1-4,6-10,17H2/b14-5+/t11-,12?,13?,15?/m0/s1. The molecule has 2 bridgehead atoms. The fourth-order valence-corrected chi connectivity index (χ4v) is 4.75. The topological polar surface area (TPSA) is 41.3 Å². The number of nitrogens with one attached hydrogen (secondary N) is 1. The molecule has 4 atom stereocenters. The highest BCUT2D eigenvalue weighted by Crippen LogP contribution is 2.38. The number of hydrogen-bond donors (Lipinski definition) is 2. The maximum absolute atomic E-state index is 6.31. The minimum absolute atomic E-state index is 0.484. The van der Waals surface area contributed by atoms with Crippen molar-refractivity contribution in [3.05, 3.63) is 11.8 Å². The van der Waals surface area contributed by atoms with Gasteiger partial charge < -0.3 is 10.6 Å². The van der Waals surface area contributed by atoms with Crippen LogP contribution in [0.25, 0.3) is 0 Å². The second-order valence-electron chi connectivity index (χ2n) is 6.55. The predicted molar refractivity (Wildman–Crippen MR) is 87.9 cm³/mol. The number of likely N-dealkylation sites (tertiary alicyclic amines) is 1. The highest BCUT2D eigenvalue weighted by molar-refractivity contribution is 14.1. The highest BCUT2D eigenvalue weighted by Gasteiger charge is 2.40. The van der Waals surface area contributed by atoms with Crippen LogP contribution in [0.5, 0.6) is 0 Å². The van der Waals surface area contributed by atoms with Gasteiger partial charge in [0.15, 0.2) is 0 Å². The number of halogens is 1. The van der Waals surface area contributed by atoms with Crippen LogP contribution in [-0.2, 0) is 0 Å². The Morgan fingerprint density at radius 3 is 2.58 bits per heavy atom. The number of nitrogens with two attached hydrogens (primary N) is 1. The normalized spacial score (nSPS) is 42.4. The number of nitrogens with zero attached hydrogens (tertiary/aromatic N) is 1. The van der Waals surface area contributed by atoms with Gasteiger partial charge in [-0.1, -0.05) is 6.08 Å². The summed E-state index contributed by atoms with van der Waals surface area (Å²) in [4.78, 5) is 2.67. The van der Waals surface area contributed by atoms with Crippen LogP contribution in [0.3, 0.4) is 0 Å². The second-order valence-corrected chi connectivity index (χ2v) is 7.17. The van der Waals surface area contributed by atoms with Crippen molar-refractivity contribution in [2.24, 2.45) is 17.6 Å². The van der Waals surface area contributed by atoms with Crippen LogP contribution in [0.15, 0.2) is 11.8 Å². The molecule has 1 heterocycles. The third kappa shape index (κ3) is 3.10. The van der Waals surface area contributed by atoms with Gasteiger partial charge in [-0.05, 0) is 56.8 Å².